The van der Waals surface area contributed by atoms with Gasteiger partial charge in [-0.2, -0.15) is 0 Å². The lowest BCUT2D eigenvalue weighted by atomic mass is 10.2. The Labute approximate surface area is 106 Å². The summed E-state index contributed by atoms with van der Waals surface area (Å²) in [6, 6.07) is 7.17. The van der Waals surface area contributed by atoms with E-state index in [1.807, 2.05) is 13.8 Å². The average molecular weight is 248 g/mol. The summed E-state index contributed by atoms with van der Waals surface area (Å²) < 4.78 is 5.52. The van der Waals surface area contributed by atoms with Crippen molar-refractivity contribution in [3.63, 3.8) is 0 Å². The van der Waals surface area contributed by atoms with Crippen LogP contribution < -0.4 is 15.0 Å². The zero-order valence-electron chi connectivity index (χ0n) is 10.5. The minimum absolute atomic E-state index is 0.0586. The molecule has 5 nitrogen and oxygen atoms in total. The topological polar surface area (TPSA) is 58.6 Å². The van der Waals surface area contributed by atoms with Crippen LogP contribution in [0.15, 0.2) is 24.3 Å². The van der Waals surface area contributed by atoms with Crippen LogP contribution in [-0.2, 0) is 9.59 Å². The second-order valence-electron chi connectivity index (χ2n) is 4.42. The predicted octanol–water partition coefficient (Wildman–Crippen LogP) is 0.937. The summed E-state index contributed by atoms with van der Waals surface area (Å²) in [5, 5.41) is 2.51. The summed E-state index contributed by atoms with van der Waals surface area (Å²) in [5.41, 5.74) is 0.714. The molecule has 0 spiro atoms. The summed E-state index contributed by atoms with van der Waals surface area (Å²) >= 11 is 0. The molecule has 18 heavy (non-hydrogen) atoms. The molecule has 1 N–H and O–H groups in total. The number of hydrogen-bond acceptors (Lipinski definition) is 3. The Kier molecular flexibility index (Phi) is 3.50. The van der Waals surface area contributed by atoms with Gasteiger partial charge >= 0.3 is 0 Å². The van der Waals surface area contributed by atoms with Crippen LogP contribution in [0.3, 0.4) is 0 Å². The number of benzene rings is 1. The molecule has 1 aliphatic heterocycles. The highest BCUT2D eigenvalue weighted by Gasteiger charge is 2.24. The van der Waals surface area contributed by atoms with E-state index in [4.69, 9.17) is 4.74 Å². The number of carbonyl (C=O) groups excluding carboxylic acids is 2. The summed E-state index contributed by atoms with van der Waals surface area (Å²) in [6.45, 7) is 4.03. The van der Waals surface area contributed by atoms with Gasteiger partial charge in [0.25, 0.3) is 0 Å². The van der Waals surface area contributed by atoms with Crippen molar-refractivity contribution in [1.29, 1.82) is 0 Å². The maximum atomic E-state index is 11.7. The van der Waals surface area contributed by atoms with Crippen molar-refractivity contribution in [2.45, 2.75) is 20.0 Å². The molecule has 1 heterocycles. The number of amides is 2. The first kappa shape index (κ1) is 12.4. The van der Waals surface area contributed by atoms with Crippen molar-refractivity contribution in [3.05, 3.63) is 24.3 Å². The fourth-order valence-corrected chi connectivity index (χ4v) is 1.77. The van der Waals surface area contributed by atoms with E-state index >= 15 is 0 Å². The molecule has 1 aromatic carbocycles. The molecule has 1 saturated heterocycles. The Morgan fingerprint density at radius 3 is 2.50 bits per heavy atom. The lowest BCUT2D eigenvalue weighted by molar-refractivity contribution is -0.128. The van der Waals surface area contributed by atoms with Gasteiger partial charge in [0.2, 0.25) is 11.8 Å². The third kappa shape index (κ3) is 2.80. The fraction of sp³-hybridized carbons (Fsp3) is 0.385. The van der Waals surface area contributed by atoms with E-state index in [2.05, 4.69) is 5.32 Å². The van der Waals surface area contributed by atoms with Crippen LogP contribution >= 0.6 is 0 Å². The second kappa shape index (κ2) is 5.08. The molecule has 2 amide bonds. The van der Waals surface area contributed by atoms with Gasteiger partial charge in [-0.1, -0.05) is 0 Å². The molecule has 1 aromatic rings. The van der Waals surface area contributed by atoms with Gasteiger partial charge in [0, 0.05) is 5.69 Å². The Bertz CT molecular complexity index is 454. The molecular formula is C13H16N2O3. The van der Waals surface area contributed by atoms with Gasteiger partial charge in [-0.25, -0.2) is 0 Å². The highest BCUT2D eigenvalue weighted by molar-refractivity contribution is 6.04. The van der Waals surface area contributed by atoms with Gasteiger partial charge in [-0.3, -0.25) is 9.59 Å². The number of nitrogens with zero attached hydrogens (tertiary/aromatic N) is 1. The Morgan fingerprint density at radius 1 is 1.22 bits per heavy atom. The van der Waals surface area contributed by atoms with Gasteiger partial charge in [0.1, 0.15) is 12.3 Å². The van der Waals surface area contributed by atoms with Gasteiger partial charge < -0.3 is 15.0 Å². The molecule has 1 aliphatic rings. The maximum absolute atomic E-state index is 11.7. The van der Waals surface area contributed by atoms with Crippen molar-refractivity contribution in [2.24, 2.45) is 0 Å². The fourth-order valence-electron chi connectivity index (χ4n) is 1.77. The van der Waals surface area contributed by atoms with Crippen LogP contribution in [0.4, 0.5) is 5.69 Å². The predicted molar refractivity (Wildman–Crippen MR) is 67.6 cm³/mol. The van der Waals surface area contributed by atoms with Crippen molar-refractivity contribution in [3.8, 4) is 5.75 Å². The monoisotopic (exact) mass is 248 g/mol. The number of hydrogen-bond donors (Lipinski definition) is 1. The van der Waals surface area contributed by atoms with Gasteiger partial charge in [0.15, 0.2) is 0 Å². The minimum atomic E-state index is -0.142. The number of rotatable bonds is 3. The van der Waals surface area contributed by atoms with E-state index in [-0.39, 0.29) is 31.0 Å². The molecule has 0 bridgehead atoms. The van der Waals surface area contributed by atoms with Crippen molar-refractivity contribution in [1.82, 2.24) is 5.32 Å². The zero-order chi connectivity index (χ0) is 13.1. The molecule has 1 fully saturated rings. The Balaban J connectivity index is 2.13. The summed E-state index contributed by atoms with van der Waals surface area (Å²) in [5.74, 6) is 0.506. The first-order valence-corrected chi connectivity index (χ1v) is 5.90. The van der Waals surface area contributed by atoms with E-state index in [1.165, 1.54) is 4.90 Å². The minimum Gasteiger partial charge on any atom is -0.491 e. The third-order valence-corrected chi connectivity index (χ3v) is 2.56. The van der Waals surface area contributed by atoms with Crippen LogP contribution in [-0.4, -0.2) is 31.0 Å². The largest absolute Gasteiger partial charge is 0.491 e. The van der Waals surface area contributed by atoms with Gasteiger partial charge in [-0.15, -0.1) is 0 Å². The highest BCUT2D eigenvalue weighted by Crippen LogP contribution is 2.21. The molecule has 96 valence electrons. The van der Waals surface area contributed by atoms with E-state index < -0.39 is 0 Å². The number of carbonyl (C=O) groups is 2. The van der Waals surface area contributed by atoms with E-state index in [9.17, 15) is 9.59 Å². The maximum Gasteiger partial charge on any atom is 0.246 e. The second-order valence-corrected chi connectivity index (χ2v) is 4.42. The molecule has 0 saturated carbocycles. The number of ether oxygens (including phenoxy) is 1. The van der Waals surface area contributed by atoms with Crippen molar-refractivity contribution >= 4 is 17.5 Å². The van der Waals surface area contributed by atoms with E-state index in [0.717, 1.165) is 5.75 Å². The summed E-state index contributed by atoms with van der Waals surface area (Å²) in [6.07, 6.45) is 0.109. The number of nitrogens with one attached hydrogen (secondary N) is 1. The lowest BCUT2D eigenvalue weighted by Crippen LogP contribution is -2.51. The summed E-state index contributed by atoms with van der Waals surface area (Å²) in [7, 11) is 0. The van der Waals surface area contributed by atoms with Crippen molar-refractivity contribution in [2.75, 3.05) is 18.0 Å². The van der Waals surface area contributed by atoms with Crippen LogP contribution in [0.25, 0.3) is 0 Å². The quantitative estimate of drug-likeness (QED) is 0.866. The van der Waals surface area contributed by atoms with Crippen LogP contribution in [0.2, 0.25) is 0 Å². The SMILES string of the molecule is CC(C)Oc1ccc(N2CC(=O)NCC2=O)cc1. The smallest absolute Gasteiger partial charge is 0.246 e. The highest BCUT2D eigenvalue weighted by atomic mass is 16.5. The molecule has 0 atom stereocenters. The summed E-state index contributed by atoms with van der Waals surface area (Å²) in [4.78, 5) is 24.4. The Morgan fingerprint density at radius 2 is 1.89 bits per heavy atom. The Hall–Kier alpha value is -2.04. The molecular weight excluding hydrogens is 232 g/mol. The van der Waals surface area contributed by atoms with Gasteiger partial charge in [0.05, 0.1) is 12.6 Å². The first-order chi connectivity index (χ1) is 8.56. The molecule has 2 rings (SSSR count). The number of anilines is 1. The number of piperazine rings is 1. The van der Waals surface area contributed by atoms with Gasteiger partial charge in [-0.05, 0) is 38.1 Å². The first-order valence-electron chi connectivity index (χ1n) is 5.90. The lowest BCUT2D eigenvalue weighted by Gasteiger charge is -2.26. The normalized spacial score (nSPS) is 15.8. The molecule has 0 unspecified atom stereocenters. The molecule has 0 aromatic heterocycles. The third-order valence-electron chi connectivity index (χ3n) is 2.56. The average Bonchev–Trinajstić information content (AvgIpc) is 2.33. The molecule has 5 heteroatoms. The molecule has 0 radical (unpaired) electrons. The van der Waals surface area contributed by atoms with Crippen LogP contribution in [0.5, 0.6) is 5.75 Å². The van der Waals surface area contributed by atoms with E-state index in [0.29, 0.717) is 5.69 Å². The van der Waals surface area contributed by atoms with Crippen LogP contribution in [0, 0.1) is 0 Å². The van der Waals surface area contributed by atoms with Crippen molar-refractivity contribution < 1.29 is 14.3 Å². The molecule has 0 aliphatic carbocycles. The van der Waals surface area contributed by atoms with Crippen LogP contribution in [0.1, 0.15) is 13.8 Å². The van der Waals surface area contributed by atoms with E-state index in [1.54, 1.807) is 24.3 Å². The zero-order valence-corrected chi connectivity index (χ0v) is 10.5. The standard InChI is InChI=1S/C13H16N2O3/c1-9(2)18-11-5-3-10(4-6-11)15-8-12(16)14-7-13(15)17/h3-6,9H,7-8H2,1-2H3,(H,14,16).